The third kappa shape index (κ3) is 4.33. The van der Waals surface area contributed by atoms with Gasteiger partial charge in [-0.2, -0.15) is 15.0 Å². The van der Waals surface area contributed by atoms with Gasteiger partial charge >= 0.3 is 0 Å². The lowest BCUT2D eigenvalue weighted by Crippen LogP contribution is -2.12. The topological polar surface area (TPSA) is 62.7 Å². The average Bonchev–Trinajstić information content (AvgIpc) is 3.12. The lowest BCUT2D eigenvalue weighted by atomic mass is 10.1. The molecule has 100 valence electrons. The van der Waals surface area contributed by atoms with Gasteiger partial charge in [0.15, 0.2) is 5.16 Å². The molecule has 0 unspecified atom stereocenters. The second-order valence-corrected chi connectivity index (χ2v) is 5.77. The van der Waals surface area contributed by atoms with Gasteiger partial charge in [-0.15, -0.1) is 0 Å². The molecular weight excluding hydrogens is 246 g/mol. The van der Waals surface area contributed by atoms with Crippen LogP contribution in [-0.4, -0.2) is 33.8 Å². The molecule has 0 amide bonds. The molecule has 0 spiro atoms. The van der Waals surface area contributed by atoms with E-state index in [2.05, 4.69) is 39.4 Å². The van der Waals surface area contributed by atoms with Crippen molar-refractivity contribution < 1.29 is 0 Å². The highest BCUT2D eigenvalue weighted by Gasteiger charge is 2.22. The Kier molecular flexibility index (Phi) is 4.63. The van der Waals surface area contributed by atoms with Crippen molar-refractivity contribution in [2.24, 2.45) is 5.92 Å². The van der Waals surface area contributed by atoms with Crippen molar-refractivity contribution in [2.75, 3.05) is 23.4 Å². The summed E-state index contributed by atoms with van der Waals surface area (Å²) >= 11 is 1.54. The number of hydrogen-bond donors (Lipinski definition) is 2. The number of hydrogen-bond acceptors (Lipinski definition) is 6. The summed E-state index contributed by atoms with van der Waals surface area (Å²) in [5.74, 6) is 2.06. The standard InChI is InChI=1S/C12H21N5S/c1-8(2)6-7-13-10-15-11(14-9-4-5-9)17-12(16-10)18-3/h8-9H,4-7H2,1-3H3,(H2,13,14,15,16,17). The molecular formula is C12H21N5S. The molecule has 0 aliphatic heterocycles. The van der Waals surface area contributed by atoms with Crippen LogP contribution < -0.4 is 10.6 Å². The first kappa shape index (κ1) is 13.4. The van der Waals surface area contributed by atoms with E-state index in [0.29, 0.717) is 23.9 Å². The van der Waals surface area contributed by atoms with Crippen LogP contribution in [0.1, 0.15) is 33.1 Å². The van der Waals surface area contributed by atoms with Gasteiger partial charge in [0, 0.05) is 12.6 Å². The van der Waals surface area contributed by atoms with Crippen molar-refractivity contribution in [3.8, 4) is 0 Å². The van der Waals surface area contributed by atoms with Crippen LogP contribution in [-0.2, 0) is 0 Å². The summed E-state index contributed by atoms with van der Waals surface area (Å²) in [6.07, 6.45) is 5.53. The molecule has 5 nitrogen and oxygen atoms in total. The number of nitrogens with zero attached hydrogens (tertiary/aromatic N) is 3. The molecule has 2 rings (SSSR count). The van der Waals surface area contributed by atoms with Gasteiger partial charge in [0.2, 0.25) is 11.9 Å². The molecule has 1 aliphatic rings. The summed E-state index contributed by atoms with van der Waals surface area (Å²) in [6.45, 7) is 5.32. The first-order valence-electron chi connectivity index (χ1n) is 6.48. The van der Waals surface area contributed by atoms with E-state index in [1.807, 2.05) is 6.26 Å². The molecule has 1 heterocycles. The Balaban J connectivity index is 1.98. The highest BCUT2D eigenvalue weighted by molar-refractivity contribution is 7.98. The predicted octanol–water partition coefficient (Wildman–Crippen LogP) is 2.63. The minimum Gasteiger partial charge on any atom is -0.354 e. The molecule has 0 radical (unpaired) electrons. The van der Waals surface area contributed by atoms with Gasteiger partial charge in [-0.1, -0.05) is 25.6 Å². The van der Waals surface area contributed by atoms with Crippen molar-refractivity contribution in [1.29, 1.82) is 0 Å². The fraction of sp³-hybridized carbons (Fsp3) is 0.750. The molecule has 1 fully saturated rings. The predicted molar refractivity (Wildman–Crippen MR) is 76.2 cm³/mol. The largest absolute Gasteiger partial charge is 0.354 e. The van der Waals surface area contributed by atoms with Crippen LogP contribution in [0.4, 0.5) is 11.9 Å². The number of nitrogens with one attached hydrogen (secondary N) is 2. The number of anilines is 2. The zero-order valence-corrected chi connectivity index (χ0v) is 12.0. The number of rotatable bonds is 7. The van der Waals surface area contributed by atoms with Crippen LogP contribution in [0.25, 0.3) is 0 Å². The third-order valence-corrected chi connectivity index (χ3v) is 3.26. The first-order chi connectivity index (χ1) is 8.67. The van der Waals surface area contributed by atoms with Crippen molar-refractivity contribution in [3.05, 3.63) is 0 Å². The van der Waals surface area contributed by atoms with Gasteiger partial charge < -0.3 is 10.6 Å². The lowest BCUT2D eigenvalue weighted by molar-refractivity contribution is 0.605. The summed E-state index contributed by atoms with van der Waals surface area (Å²) in [4.78, 5) is 13.1. The Labute approximate surface area is 113 Å². The van der Waals surface area contributed by atoms with E-state index in [-0.39, 0.29) is 0 Å². The van der Waals surface area contributed by atoms with Crippen LogP contribution in [0.15, 0.2) is 5.16 Å². The van der Waals surface area contributed by atoms with Crippen molar-refractivity contribution >= 4 is 23.7 Å². The Morgan fingerprint density at radius 1 is 1.22 bits per heavy atom. The molecule has 0 atom stereocenters. The zero-order valence-electron chi connectivity index (χ0n) is 11.2. The third-order valence-electron chi connectivity index (χ3n) is 2.71. The Bertz CT molecular complexity index is 392. The van der Waals surface area contributed by atoms with Crippen LogP contribution in [0.5, 0.6) is 0 Å². The van der Waals surface area contributed by atoms with Gasteiger partial charge in [-0.3, -0.25) is 0 Å². The van der Waals surface area contributed by atoms with Gasteiger partial charge in [0.25, 0.3) is 0 Å². The van der Waals surface area contributed by atoms with E-state index in [4.69, 9.17) is 0 Å². The van der Waals surface area contributed by atoms with E-state index < -0.39 is 0 Å². The van der Waals surface area contributed by atoms with Crippen LogP contribution >= 0.6 is 11.8 Å². The molecule has 0 aromatic carbocycles. The van der Waals surface area contributed by atoms with Crippen molar-refractivity contribution in [2.45, 2.75) is 44.3 Å². The van der Waals surface area contributed by atoms with Crippen LogP contribution in [0.2, 0.25) is 0 Å². The summed E-state index contributed by atoms with van der Waals surface area (Å²) in [5.41, 5.74) is 0. The normalized spacial score (nSPS) is 14.9. The van der Waals surface area contributed by atoms with Gasteiger partial charge in [0.1, 0.15) is 0 Å². The van der Waals surface area contributed by atoms with E-state index in [1.165, 1.54) is 12.8 Å². The second kappa shape index (κ2) is 6.22. The second-order valence-electron chi connectivity index (χ2n) is 5.00. The smallest absolute Gasteiger partial charge is 0.228 e. The highest BCUT2D eigenvalue weighted by Crippen LogP contribution is 2.24. The highest BCUT2D eigenvalue weighted by atomic mass is 32.2. The van der Waals surface area contributed by atoms with Crippen LogP contribution in [0.3, 0.4) is 0 Å². The molecule has 6 heteroatoms. The van der Waals surface area contributed by atoms with E-state index in [0.717, 1.165) is 18.1 Å². The molecule has 18 heavy (non-hydrogen) atoms. The summed E-state index contributed by atoms with van der Waals surface area (Å²) < 4.78 is 0. The summed E-state index contributed by atoms with van der Waals surface area (Å²) in [7, 11) is 0. The van der Waals surface area contributed by atoms with E-state index >= 15 is 0 Å². The molecule has 1 aliphatic carbocycles. The molecule has 1 saturated carbocycles. The van der Waals surface area contributed by atoms with Crippen molar-refractivity contribution in [3.63, 3.8) is 0 Å². The Morgan fingerprint density at radius 3 is 2.56 bits per heavy atom. The van der Waals surface area contributed by atoms with Gasteiger partial charge in [0.05, 0.1) is 0 Å². The summed E-state index contributed by atoms with van der Waals surface area (Å²) in [5, 5.41) is 7.35. The minimum atomic E-state index is 0.561. The monoisotopic (exact) mass is 267 g/mol. The molecule has 0 bridgehead atoms. The Hall–Kier alpha value is -1.04. The van der Waals surface area contributed by atoms with E-state index in [1.54, 1.807) is 11.8 Å². The maximum Gasteiger partial charge on any atom is 0.228 e. The zero-order chi connectivity index (χ0) is 13.0. The molecule has 0 saturated heterocycles. The fourth-order valence-corrected chi connectivity index (χ4v) is 1.83. The SMILES string of the molecule is CSc1nc(NCCC(C)C)nc(NC2CC2)n1. The molecule has 1 aromatic rings. The Morgan fingerprint density at radius 2 is 1.94 bits per heavy atom. The van der Waals surface area contributed by atoms with Crippen LogP contribution in [0, 0.1) is 5.92 Å². The van der Waals surface area contributed by atoms with Gasteiger partial charge in [-0.05, 0) is 31.4 Å². The minimum absolute atomic E-state index is 0.561. The molecule has 2 N–H and O–H groups in total. The quantitative estimate of drug-likeness (QED) is 0.741. The summed E-state index contributed by atoms with van der Waals surface area (Å²) in [6, 6.07) is 0.561. The number of thioether (sulfide) groups is 1. The maximum absolute atomic E-state index is 4.40. The fourth-order valence-electron chi connectivity index (χ4n) is 1.47. The first-order valence-corrected chi connectivity index (χ1v) is 7.70. The molecule has 1 aromatic heterocycles. The van der Waals surface area contributed by atoms with Gasteiger partial charge in [-0.25, -0.2) is 0 Å². The number of aromatic nitrogens is 3. The van der Waals surface area contributed by atoms with Crippen molar-refractivity contribution in [1.82, 2.24) is 15.0 Å². The van der Waals surface area contributed by atoms with E-state index in [9.17, 15) is 0 Å². The average molecular weight is 267 g/mol. The lowest BCUT2D eigenvalue weighted by Gasteiger charge is -2.09. The maximum atomic E-state index is 4.40.